The zero-order chi connectivity index (χ0) is 13.5. The lowest BCUT2D eigenvalue weighted by Crippen LogP contribution is -2.31. The second kappa shape index (κ2) is 4.33. The van der Waals surface area contributed by atoms with Crippen LogP contribution >= 0.6 is 0 Å². The molecule has 19 heavy (non-hydrogen) atoms. The van der Waals surface area contributed by atoms with Gasteiger partial charge in [0.25, 0.3) is 0 Å². The van der Waals surface area contributed by atoms with E-state index in [1.54, 1.807) is 12.1 Å². The van der Waals surface area contributed by atoms with E-state index in [4.69, 9.17) is 15.2 Å². The van der Waals surface area contributed by atoms with Crippen molar-refractivity contribution in [1.82, 2.24) is 0 Å². The van der Waals surface area contributed by atoms with Crippen LogP contribution in [0, 0.1) is 5.41 Å². The van der Waals surface area contributed by atoms with Gasteiger partial charge < -0.3 is 20.5 Å². The number of hydrogen-bond donors (Lipinski definition) is 2. The Kier molecular flexibility index (Phi) is 2.77. The van der Waals surface area contributed by atoms with Gasteiger partial charge in [-0.1, -0.05) is 19.8 Å². The van der Waals surface area contributed by atoms with Crippen LogP contribution in [0.3, 0.4) is 0 Å². The van der Waals surface area contributed by atoms with Gasteiger partial charge in [-0.05, 0) is 12.8 Å². The molecule has 5 nitrogen and oxygen atoms in total. The monoisotopic (exact) mass is 262 g/mol. The second-order valence-electron chi connectivity index (χ2n) is 5.51. The van der Waals surface area contributed by atoms with E-state index < -0.39 is 0 Å². The van der Waals surface area contributed by atoms with Gasteiger partial charge in [-0.25, -0.2) is 0 Å². The van der Waals surface area contributed by atoms with Crippen molar-refractivity contribution < 1.29 is 14.3 Å². The molecule has 0 spiro atoms. The minimum absolute atomic E-state index is 0.0376. The quantitative estimate of drug-likeness (QED) is 0.803. The van der Waals surface area contributed by atoms with Gasteiger partial charge in [0.2, 0.25) is 12.7 Å². The fourth-order valence-electron chi connectivity index (χ4n) is 2.72. The Balaban J connectivity index is 1.82. The van der Waals surface area contributed by atoms with E-state index in [1.807, 2.05) is 6.92 Å². The first kappa shape index (κ1) is 12.1. The lowest BCUT2D eigenvalue weighted by atomic mass is 9.88. The molecule has 1 aliphatic carbocycles. The lowest BCUT2D eigenvalue weighted by Gasteiger charge is -2.22. The number of nitrogens with two attached hydrogens (primary N) is 1. The number of rotatable bonds is 2. The highest BCUT2D eigenvalue weighted by molar-refractivity contribution is 5.98. The van der Waals surface area contributed by atoms with Crippen LogP contribution in [-0.2, 0) is 4.79 Å². The minimum atomic E-state index is -0.275. The number of carbonyl (C=O) groups is 1. The molecule has 5 heteroatoms. The number of hydrogen-bond acceptors (Lipinski definition) is 4. The molecular formula is C14H18N2O3. The minimum Gasteiger partial charge on any atom is -0.454 e. The Hall–Kier alpha value is -1.91. The number of nitrogens with one attached hydrogen (secondary N) is 1. The molecule has 0 aromatic heterocycles. The third-order valence-electron chi connectivity index (χ3n) is 4.05. The van der Waals surface area contributed by atoms with Crippen molar-refractivity contribution in [3.8, 4) is 11.5 Å². The molecule has 0 radical (unpaired) electrons. The van der Waals surface area contributed by atoms with E-state index in [0.29, 0.717) is 22.9 Å². The number of carbonyl (C=O) groups excluding carboxylic acids is 1. The summed E-state index contributed by atoms with van der Waals surface area (Å²) in [4.78, 5) is 12.4. The van der Waals surface area contributed by atoms with Crippen molar-refractivity contribution in [2.24, 2.45) is 5.41 Å². The van der Waals surface area contributed by atoms with E-state index in [-0.39, 0.29) is 18.1 Å². The van der Waals surface area contributed by atoms with Gasteiger partial charge in [-0.3, -0.25) is 4.79 Å². The van der Waals surface area contributed by atoms with E-state index in [1.165, 1.54) is 0 Å². The molecule has 1 aliphatic heterocycles. The molecular weight excluding hydrogens is 244 g/mol. The first-order chi connectivity index (χ1) is 9.08. The van der Waals surface area contributed by atoms with Gasteiger partial charge in [0, 0.05) is 17.5 Å². The van der Waals surface area contributed by atoms with Gasteiger partial charge in [0.1, 0.15) is 0 Å². The number of nitrogen functional groups attached to an aromatic ring is 1. The lowest BCUT2D eigenvalue weighted by molar-refractivity contribution is -0.124. The highest BCUT2D eigenvalue weighted by atomic mass is 16.7. The molecule has 3 N–H and O–H groups in total. The second-order valence-corrected chi connectivity index (χ2v) is 5.51. The summed E-state index contributed by atoms with van der Waals surface area (Å²) in [5.74, 6) is 1.29. The summed E-state index contributed by atoms with van der Waals surface area (Å²) in [6.45, 7) is 2.21. The van der Waals surface area contributed by atoms with Crippen molar-refractivity contribution in [1.29, 1.82) is 0 Å². The summed E-state index contributed by atoms with van der Waals surface area (Å²) in [5.41, 5.74) is 6.76. The Labute approximate surface area is 112 Å². The molecule has 102 valence electrons. The molecule has 0 atom stereocenters. The van der Waals surface area contributed by atoms with Crippen molar-refractivity contribution in [2.75, 3.05) is 17.8 Å². The Morgan fingerprint density at radius 2 is 1.89 bits per heavy atom. The van der Waals surface area contributed by atoms with Crippen LogP contribution in [0.2, 0.25) is 0 Å². The van der Waals surface area contributed by atoms with Crippen LogP contribution in [0.1, 0.15) is 32.6 Å². The molecule has 3 rings (SSSR count). The van der Waals surface area contributed by atoms with Crippen molar-refractivity contribution >= 4 is 17.3 Å². The molecule has 0 saturated heterocycles. The maximum absolute atomic E-state index is 12.4. The fraction of sp³-hybridized carbons (Fsp3) is 0.500. The maximum Gasteiger partial charge on any atom is 0.231 e. The van der Waals surface area contributed by atoms with Crippen LogP contribution in [0.15, 0.2) is 12.1 Å². The summed E-state index contributed by atoms with van der Waals surface area (Å²) in [6, 6.07) is 3.42. The Bertz CT molecular complexity index is 522. The average Bonchev–Trinajstić information content (AvgIpc) is 2.99. The molecule has 0 bridgehead atoms. The van der Waals surface area contributed by atoms with Crippen LogP contribution in [0.25, 0.3) is 0 Å². The van der Waals surface area contributed by atoms with E-state index >= 15 is 0 Å². The first-order valence-corrected chi connectivity index (χ1v) is 6.59. The molecule has 1 fully saturated rings. The highest BCUT2D eigenvalue weighted by Crippen LogP contribution is 2.41. The van der Waals surface area contributed by atoms with Crippen molar-refractivity contribution in [2.45, 2.75) is 32.6 Å². The van der Waals surface area contributed by atoms with Crippen molar-refractivity contribution in [3.63, 3.8) is 0 Å². The zero-order valence-electron chi connectivity index (χ0n) is 11.0. The first-order valence-electron chi connectivity index (χ1n) is 6.59. The molecule has 1 amide bonds. The summed E-state index contributed by atoms with van der Waals surface area (Å²) >= 11 is 0. The van der Waals surface area contributed by atoms with Crippen molar-refractivity contribution in [3.05, 3.63) is 12.1 Å². The third-order valence-corrected chi connectivity index (χ3v) is 4.05. The van der Waals surface area contributed by atoms with Crippen LogP contribution in [0.5, 0.6) is 11.5 Å². The van der Waals surface area contributed by atoms with E-state index in [9.17, 15) is 4.79 Å². The normalized spacial score (nSPS) is 19.4. The molecule has 1 aromatic rings. The predicted octanol–water partition coefficient (Wildman–Crippen LogP) is 2.52. The highest BCUT2D eigenvalue weighted by Gasteiger charge is 2.36. The van der Waals surface area contributed by atoms with E-state index in [0.717, 1.165) is 25.7 Å². The molecule has 0 unspecified atom stereocenters. The molecule has 2 aliphatic rings. The Morgan fingerprint density at radius 1 is 1.26 bits per heavy atom. The number of amides is 1. The molecule has 1 aromatic carbocycles. The smallest absolute Gasteiger partial charge is 0.231 e. The van der Waals surface area contributed by atoms with Crippen LogP contribution in [-0.4, -0.2) is 12.7 Å². The molecule has 1 heterocycles. The predicted molar refractivity (Wildman–Crippen MR) is 72.2 cm³/mol. The SMILES string of the molecule is CC1(C(=O)Nc2cc3c(cc2N)OCO3)CCCC1. The van der Waals surface area contributed by atoms with Gasteiger partial charge in [0.05, 0.1) is 11.4 Å². The van der Waals surface area contributed by atoms with Gasteiger partial charge in [-0.15, -0.1) is 0 Å². The topological polar surface area (TPSA) is 73.6 Å². The molecule has 1 saturated carbocycles. The Morgan fingerprint density at radius 3 is 2.58 bits per heavy atom. The number of ether oxygens (including phenoxy) is 2. The maximum atomic E-state index is 12.4. The number of anilines is 2. The summed E-state index contributed by atoms with van der Waals surface area (Å²) in [7, 11) is 0. The van der Waals surface area contributed by atoms with E-state index in [2.05, 4.69) is 5.32 Å². The van der Waals surface area contributed by atoms with Gasteiger partial charge in [-0.2, -0.15) is 0 Å². The summed E-state index contributed by atoms with van der Waals surface area (Å²) in [5, 5.41) is 2.92. The van der Waals surface area contributed by atoms with Gasteiger partial charge >= 0.3 is 0 Å². The largest absolute Gasteiger partial charge is 0.454 e. The van der Waals surface area contributed by atoms with Crippen LogP contribution in [0.4, 0.5) is 11.4 Å². The van der Waals surface area contributed by atoms with Gasteiger partial charge in [0.15, 0.2) is 11.5 Å². The average molecular weight is 262 g/mol. The summed E-state index contributed by atoms with van der Waals surface area (Å²) < 4.78 is 10.5. The fourth-order valence-corrected chi connectivity index (χ4v) is 2.72. The summed E-state index contributed by atoms with van der Waals surface area (Å²) in [6.07, 6.45) is 4.09. The zero-order valence-corrected chi connectivity index (χ0v) is 11.0. The number of benzene rings is 1. The standard InChI is InChI=1S/C14H18N2O3/c1-14(4-2-3-5-14)13(17)16-10-7-12-11(6-9(10)15)18-8-19-12/h6-7H,2-5,8,15H2,1H3,(H,16,17). The number of fused-ring (bicyclic) bond motifs is 1. The van der Waals surface area contributed by atoms with Crippen LogP contribution < -0.4 is 20.5 Å². The third kappa shape index (κ3) is 2.09.